The average molecular weight is 264 g/mol. The van der Waals surface area contributed by atoms with Gasteiger partial charge in [0.25, 0.3) is 0 Å². The Hall–Kier alpha value is -0.870. The first-order chi connectivity index (χ1) is 9.31. The third-order valence-corrected chi connectivity index (χ3v) is 4.12. The van der Waals surface area contributed by atoms with Gasteiger partial charge in [0.1, 0.15) is 0 Å². The molecule has 1 N–H and O–H groups in total. The van der Waals surface area contributed by atoms with Gasteiger partial charge in [-0.15, -0.1) is 0 Å². The zero-order valence-electron chi connectivity index (χ0n) is 12.6. The number of nitrogens with zero attached hydrogens (tertiary/aromatic N) is 3. The minimum absolute atomic E-state index is 0.543. The molecule has 0 saturated carbocycles. The fraction of sp³-hybridized carbons (Fsp3) is 0.800. The summed E-state index contributed by atoms with van der Waals surface area (Å²) in [7, 11) is 2.06. The lowest BCUT2D eigenvalue weighted by Gasteiger charge is -2.28. The molecule has 4 nitrogen and oxygen atoms in total. The predicted molar refractivity (Wildman–Crippen MR) is 79.2 cm³/mol. The van der Waals surface area contributed by atoms with Gasteiger partial charge in [-0.05, 0) is 51.9 Å². The molecule has 0 aromatic carbocycles. The van der Waals surface area contributed by atoms with Crippen LogP contribution in [0.25, 0.3) is 0 Å². The molecule has 1 aromatic heterocycles. The number of imidazole rings is 1. The molecule has 0 amide bonds. The van der Waals surface area contributed by atoms with Gasteiger partial charge in [0.2, 0.25) is 0 Å². The molecular weight excluding hydrogens is 236 g/mol. The molecule has 0 spiro atoms. The van der Waals surface area contributed by atoms with Crippen molar-refractivity contribution in [3.8, 4) is 0 Å². The Morgan fingerprint density at radius 3 is 2.79 bits per heavy atom. The Labute approximate surface area is 117 Å². The smallest absolute Gasteiger partial charge is 0.0948 e. The van der Waals surface area contributed by atoms with E-state index in [0.717, 1.165) is 13.1 Å². The average Bonchev–Trinajstić information content (AvgIpc) is 2.98. The van der Waals surface area contributed by atoms with Gasteiger partial charge >= 0.3 is 0 Å². The van der Waals surface area contributed by atoms with Gasteiger partial charge in [0, 0.05) is 12.7 Å². The second-order valence-corrected chi connectivity index (χ2v) is 5.60. The molecule has 1 aliphatic heterocycles. The van der Waals surface area contributed by atoms with Crippen LogP contribution in [0.4, 0.5) is 0 Å². The lowest BCUT2D eigenvalue weighted by Crippen LogP contribution is -2.31. The summed E-state index contributed by atoms with van der Waals surface area (Å²) in [4.78, 5) is 7.03. The summed E-state index contributed by atoms with van der Waals surface area (Å²) < 4.78 is 2.35. The lowest BCUT2D eigenvalue weighted by atomic mass is 9.97. The van der Waals surface area contributed by atoms with Gasteiger partial charge < -0.3 is 9.88 Å². The maximum Gasteiger partial charge on any atom is 0.0948 e. The van der Waals surface area contributed by atoms with E-state index in [1.807, 2.05) is 6.33 Å². The molecule has 1 aromatic rings. The summed E-state index contributed by atoms with van der Waals surface area (Å²) in [6.45, 7) is 9.10. The van der Waals surface area contributed by atoms with Gasteiger partial charge in [-0.3, -0.25) is 4.90 Å². The van der Waals surface area contributed by atoms with Gasteiger partial charge in [0.15, 0.2) is 0 Å². The third-order valence-electron chi connectivity index (χ3n) is 4.12. The number of nitrogens with one attached hydrogen (secondary N) is 1. The first-order valence-electron chi connectivity index (χ1n) is 7.70. The summed E-state index contributed by atoms with van der Waals surface area (Å²) in [5.41, 5.74) is 1.41. The van der Waals surface area contributed by atoms with E-state index in [9.17, 15) is 0 Å². The molecular formula is C15H28N4. The number of aryl methyl sites for hydroxylation is 1. The van der Waals surface area contributed by atoms with Gasteiger partial charge in [-0.2, -0.15) is 0 Å². The second kappa shape index (κ2) is 7.06. The van der Waals surface area contributed by atoms with Crippen LogP contribution in [0.5, 0.6) is 0 Å². The normalized spacial score (nSPS) is 24.2. The van der Waals surface area contributed by atoms with Crippen LogP contribution in [-0.4, -0.2) is 41.1 Å². The molecule has 0 aliphatic carbocycles. The topological polar surface area (TPSA) is 33.1 Å². The Morgan fingerprint density at radius 2 is 2.11 bits per heavy atom. The number of hydrogen-bond donors (Lipinski definition) is 1. The van der Waals surface area contributed by atoms with Crippen LogP contribution in [0.1, 0.15) is 44.8 Å². The molecule has 19 heavy (non-hydrogen) atoms. The van der Waals surface area contributed by atoms with E-state index < -0.39 is 0 Å². The Balaban J connectivity index is 2.21. The standard InChI is InChI=1S/C15H28N4/c1-4-7-18-9-6-13(10-16-3)15(18)14-11-17-12-19(14)8-5-2/h11-13,15-16H,4-10H2,1-3H3. The molecule has 0 bridgehead atoms. The number of hydrogen-bond acceptors (Lipinski definition) is 3. The Morgan fingerprint density at radius 1 is 1.32 bits per heavy atom. The monoisotopic (exact) mass is 264 g/mol. The highest BCUT2D eigenvalue weighted by atomic mass is 15.2. The van der Waals surface area contributed by atoms with Crippen molar-refractivity contribution >= 4 is 0 Å². The van der Waals surface area contributed by atoms with E-state index >= 15 is 0 Å². The highest BCUT2D eigenvalue weighted by Gasteiger charge is 2.35. The lowest BCUT2D eigenvalue weighted by molar-refractivity contribution is 0.217. The largest absolute Gasteiger partial charge is 0.333 e. The van der Waals surface area contributed by atoms with Crippen molar-refractivity contribution in [2.24, 2.45) is 5.92 Å². The van der Waals surface area contributed by atoms with Crippen molar-refractivity contribution in [1.82, 2.24) is 19.8 Å². The molecule has 4 heteroatoms. The Kier molecular flexibility index (Phi) is 5.40. The van der Waals surface area contributed by atoms with E-state index in [4.69, 9.17) is 0 Å². The molecule has 2 atom stereocenters. The maximum atomic E-state index is 4.39. The van der Waals surface area contributed by atoms with Crippen molar-refractivity contribution in [2.75, 3.05) is 26.7 Å². The predicted octanol–water partition coefficient (Wildman–Crippen LogP) is 2.29. The van der Waals surface area contributed by atoms with Crippen molar-refractivity contribution in [3.05, 3.63) is 18.2 Å². The van der Waals surface area contributed by atoms with Crippen LogP contribution in [0.15, 0.2) is 12.5 Å². The molecule has 1 saturated heterocycles. The first-order valence-corrected chi connectivity index (χ1v) is 7.70. The zero-order valence-corrected chi connectivity index (χ0v) is 12.6. The van der Waals surface area contributed by atoms with Crippen LogP contribution in [0.3, 0.4) is 0 Å². The summed E-state index contributed by atoms with van der Waals surface area (Å²) in [6, 6.07) is 0.543. The van der Waals surface area contributed by atoms with E-state index in [1.54, 1.807) is 0 Å². The number of rotatable bonds is 7. The summed E-state index contributed by atoms with van der Waals surface area (Å²) >= 11 is 0. The third kappa shape index (κ3) is 3.18. The molecule has 0 radical (unpaired) electrons. The summed E-state index contributed by atoms with van der Waals surface area (Å²) in [6.07, 6.45) is 7.77. The van der Waals surface area contributed by atoms with Crippen molar-refractivity contribution in [2.45, 2.75) is 45.7 Å². The molecule has 1 fully saturated rings. The minimum Gasteiger partial charge on any atom is -0.333 e. The minimum atomic E-state index is 0.543. The van der Waals surface area contributed by atoms with E-state index in [-0.39, 0.29) is 0 Å². The number of likely N-dealkylation sites (tertiary alicyclic amines) is 1. The quantitative estimate of drug-likeness (QED) is 0.820. The van der Waals surface area contributed by atoms with Crippen LogP contribution < -0.4 is 5.32 Å². The molecule has 108 valence electrons. The Bertz CT molecular complexity index is 360. The molecule has 1 aliphatic rings. The van der Waals surface area contributed by atoms with Crippen molar-refractivity contribution < 1.29 is 0 Å². The zero-order chi connectivity index (χ0) is 13.7. The van der Waals surface area contributed by atoms with Crippen molar-refractivity contribution in [3.63, 3.8) is 0 Å². The number of aromatic nitrogens is 2. The SMILES string of the molecule is CCCN1CCC(CNC)C1c1cncn1CCC. The molecule has 2 heterocycles. The van der Waals surface area contributed by atoms with E-state index in [1.165, 1.54) is 38.0 Å². The van der Waals surface area contributed by atoms with E-state index in [2.05, 4.69) is 46.9 Å². The fourth-order valence-electron chi connectivity index (χ4n) is 3.37. The summed E-state index contributed by atoms with van der Waals surface area (Å²) in [5.74, 6) is 0.712. The second-order valence-electron chi connectivity index (χ2n) is 5.60. The van der Waals surface area contributed by atoms with Crippen LogP contribution in [-0.2, 0) is 6.54 Å². The van der Waals surface area contributed by atoms with Gasteiger partial charge in [0.05, 0.1) is 18.1 Å². The highest BCUT2D eigenvalue weighted by molar-refractivity contribution is 5.10. The fourth-order valence-corrected chi connectivity index (χ4v) is 3.37. The molecule has 2 rings (SSSR count). The van der Waals surface area contributed by atoms with Gasteiger partial charge in [-0.25, -0.2) is 4.98 Å². The van der Waals surface area contributed by atoms with Gasteiger partial charge in [-0.1, -0.05) is 13.8 Å². The van der Waals surface area contributed by atoms with Crippen LogP contribution in [0, 0.1) is 5.92 Å². The van der Waals surface area contributed by atoms with Crippen molar-refractivity contribution in [1.29, 1.82) is 0 Å². The van der Waals surface area contributed by atoms with Crippen LogP contribution >= 0.6 is 0 Å². The first kappa shape index (κ1) is 14.5. The van der Waals surface area contributed by atoms with Crippen LogP contribution in [0.2, 0.25) is 0 Å². The summed E-state index contributed by atoms with van der Waals surface area (Å²) in [5, 5.41) is 3.36. The highest BCUT2D eigenvalue weighted by Crippen LogP contribution is 2.36. The maximum absolute atomic E-state index is 4.39. The molecule has 2 unspecified atom stereocenters. The van der Waals surface area contributed by atoms with E-state index in [0.29, 0.717) is 12.0 Å².